The van der Waals surface area contributed by atoms with Crippen LogP contribution >= 0.6 is 0 Å². The maximum Gasteiger partial charge on any atom is 0.142 e. The van der Waals surface area contributed by atoms with Gasteiger partial charge < -0.3 is 20.4 Å². The van der Waals surface area contributed by atoms with E-state index in [-0.39, 0.29) is 25.4 Å². The fraction of sp³-hybridized carbons (Fsp3) is 0.429. The molecule has 1 unspecified atom stereocenters. The molecule has 104 valence electrons. The first-order valence-electron chi connectivity index (χ1n) is 6.07. The molecule has 0 spiro atoms. The third kappa shape index (κ3) is 6.13. The number of nitrogens with one attached hydrogen (secondary N) is 1. The van der Waals surface area contributed by atoms with Crippen molar-refractivity contribution < 1.29 is 19.7 Å². The lowest BCUT2D eigenvalue weighted by Crippen LogP contribution is -2.21. The molecule has 3 N–H and O–H groups in total. The Balaban J connectivity index is 2.47. The molecule has 19 heavy (non-hydrogen) atoms. The van der Waals surface area contributed by atoms with Gasteiger partial charge in [0.2, 0.25) is 0 Å². The first kappa shape index (κ1) is 15.3. The number of rotatable bonds is 8. The van der Waals surface area contributed by atoms with Gasteiger partial charge in [-0.25, -0.2) is 0 Å². The number of ether oxygens (including phenoxy) is 1. The van der Waals surface area contributed by atoms with Crippen molar-refractivity contribution in [1.82, 2.24) is 0 Å². The lowest BCUT2D eigenvalue weighted by atomic mass is 10.1. The lowest BCUT2D eigenvalue weighted by molar-refractivity contribution is -0.117. The van der Waals surface area contributed by atoms with Gasteiger partial charge in [0.1, 0.15) is 24.2 Å². The van der Waals surface area contributed by atoms with Crippen LogP contribution < -0.4 is 4.74 Å². The molecule has 0 bridgehead atoms. The molecule has 1 rings (SSSR count). The molecule has 0 aromatic heterocycles. The molecule has 0 radical (unpaired) electrons. The fourth-order valence-corrected chi connectivity index (χ4v) is 1.53. The summed E-state index contributed by atoms with van der Waals surface area (Å²) >= 11 is 0. The van der Waals surface area contributed by atoms with Crippen molar-refractivity contribution in [3.05, 3.63) is 29.8 Å². The minimum Gasteiger partial charge on any atom is -0.491 e. The van der Waals surface area contributed by atoms with E-state index in [1.165, 1.54) is 0 Å². The first-order chi connectivity index (χ1) is 9.01. The van der Waals surface area contributed by atoms with Crippen molar-refractivity contribution in [2.75, 3.05) is 13.2 Å². The molecule has 0 aliphatic heterocycles. The molecule has 0 fully saturated rings. The number of carbonyl (C=O) groups excluding carboxylic acids is 1. The van der Waals surface area contributed by atoms with Gasteiger partial charge in [-0.3, -0.25) is 4.79 Å². The van der Waals surface area contributed by atoms with Gasteiger partial charge in [0.05, 0.1) is 6.61 Å². The zero-order valence-corrected chi connectivity index (χ0v) is 10.9. The molecule has 5 heteroatoms. The highest BCUT2D eigenvalue weighted by Gasteiger charge is 2.06. The van der Waals surface area contributed by atoms with Crippen LogP contribution in [0.15, 0.2) is 24.3 Å². The van der Waals surface area contributed by atoms with Gasteiger partial charge in [-0.15, -0.1) is 0 Å². The Labute approximate surface area is 112 Å². The second-order valence-corrected chi connectivity index (χ2v) is 4.46. The lowest BCUT2D eigenvalue weighted by Gasteiger charge is -2.10. The van der Waals surface area contributed by atoms with Crippen LogP contribution in [0.3, 0.4) is 0 Å². The first-order valence-corrected chi connectivity index (χ1v) is 6.07. The number of Topliss-reactive ketones (excluding diaryl/α,β-unsaturated/α-hetero) is 1. The van der Waals surface area contributed by atoms with Gasteiger partial charge in [-0.1, -0.05) is 12.1 Å². The largest absolute Gasteiger partial charge is 0.491 e. The Hall–Kier alpha value is -1.72. The van der Waals surface area contributed by atoms with Crippen molar-refractivity contribution >= 4 is 11.5 Å². The highest BCUT2D eigenvalue weighted by Crippen LogP contribution is 2.13. The number of hydrogen-bond donors (Lipinski definition) is 3. The second kappa shape index (κ2) is 7.66. The normalized spacial score (nSPS) is 11.9. The van der Waals surface area contributed by atoms with Crippen molar-refractivity contribution in [3.63, 3.8) is 0 Å². The SMILES string of the molecule is CC(=N)CC(=O)Cc1ccc(OCC(O)CO)cc1. The molecular weight excluding hydrogens is 246 g/mol. The average molecular weight is 265 g/mol. The molecule has 0 amide bonds. The Bertz CT molecular complexity index is 428. The summed E-state index contributed by atoms with van der Waals surface area (Å²) in [5.41, 5.74) is 1.23. The van der Waals surface area contributed by atoms with Crippen LogP contribution in [0, 0.1) is 5.41 Å². The standard InChI is InChI=1S/C14H19NO4/c1-10(15)6-12(17)7-11-2-4-14(5-3-11)19-9-13(18)8-16/h2-5,13,15-16,18H,6-9H2,1H3. The number of benzene rings is 1. The molecule has 0 saturated carbocycles. The van der Waals surface area contributed by atoms with E-state index in [1.807, 2.05) is 0 Å². The second-order valence-electron chi connectivity index (χ2n) is 4.46. The van der Waals surface area contributed by atoms with Gasteiger partial charge in [-0.2, -0.15) is 0 Å². The Kier molecular flexibility index (Phi) is 6.18. The minimum atomic E-state index is -0.892. The maximum absolute atomic E-state index is 11.5. The van der Waals surface area contributed by atoms with E-state index in [0.717, 1.165) is 5.56 Å². The van der Waals surface area contributed by atoms with Crippen LogP contribution in [0.25, 0.3) is 0 Å². The monoisotopic (exact) mass is 265 g/mol. The maximum atomic E-state index is 11.5. The van der Waals surface area contributed by atoms with Gasteiger partial charge >= 0.3 is 0 Å². The van der Waals surface area contributed by atoms with E-state index >= 15 is 0 Å². The van der Waals surface area contributed by atoms with Crippen LogP contribution in [-0.4, -0.2) is 41.0 Å². The summed E-state index contributed by atoms with van der Waals surface area (Å²) in [5.74, 6) is 0.587. The predicted octanol–water partition coefficient (Wildman–Crippen LogP) is 0.960. The smallest absolute Gasteiger partial charge is 0.142 e. The fourth-order valence-electron chi connectivity index (χ4n) is 1.53. The summed E-state index contributed by atoms with van der Waals surface area (Å²) in [7, 11) is 0. The predicted molar refractivity (Wildman–Crippen MR) is 71.8 cm³/mol. The molecule has 0 heterocycles. The zero-order valence-electron chi connectivity index (χ0n) is 10.9. The quantitative estimate of drug-likeness (QED) is 0.611. The van der Waals surface area contributed by atoms with Crippen molar-refractivity contribution in [2.45, 2.75) is 25.9 Å². The third-order valence-electron chi connectivity index (χ3n) is 2.44. The van der Waals surface area contributed by atoms with E-state index < -0.39 is 6.10 Å². The summed E-state index contributed by atoms with van der Waals surface area (Å²) in [6.45, 7) is 1.30. The molecular formula is C14H19NO4. The summed E-state index contributed by atoms with van der Waals surface area (Å²) in [4.78, 5) is 11.5. The number of hydrogen-bond acceptors (Lipinski definition) is 5. The topological polar surface area (TPSA) is 90.6 Å². The average Bonchev–Trinajstić information content (AvgIpc) is 2.36. The zero-order chi connectivity index (χ0) is 14.3. The van der Waals surface area contributed by atoms with E-state index in [2.05, 4.69) is 0 Å². The van der Waals surface area contributed by atoms with E-state index in [0.29, 0.717) is 17.9 Å². The molecule has 1 aromatic carbocycles. The highest BCUT2D eigenvalue weighted by atomic mass is 16.5. The molecule has 1 atom stereocenters. The summed E-state index contributed by atoms with van der Waals surface area (Å²) < 4.78 is 5.25. The Morgan fingerprint density at radius 2 is 2.00 bits per heavy atom. The van der Waals surface area contributed by atoms with Gasteiger partial charge in [0, 0.05) is 18.6 Å². The number of aliphatic hydroxyl groups is 2. The van der Waals surface area contributed by atoms with E-state index in [1.54, 1.807) is 31.2 Å². The van der Waals surface area contributed by atoms with Crippen LogP contribution in [-0.2, 0) is 11.2 Å². The molecule has 1 aromatic rings. The van der Waals surface area contributed by atoms with E-state index in [4.69, 9.17) is 20.4 Å². The molecule has 0 aliphatic rings. The molecule has 0 aliphatic carbocycles. The van der Waals surface area contributed by atoms with Gasteiger partial charge in [0.25, 0.3) is 0 Å². The third-order valence-corrected chi connectivity index (χ3v) is 2.44. The van der Waals surface area contributed by atoms with Crippen molar-refractivity contribution in [1.29, 1.82) is 5.41 Å². The molecule has 0 saturated heterocycles. The van der Waals surface area contributed by atoms with Crippen LogP contribution in [0.1, 0.15) is 18.9 Å². The van der Waals surface area contributed by atoms with Crippen LogP contribution in [0.2, 0.25) is 0 Å². The Morgan fingerprint density at radius 1 is 1.37 bits per heavy atom. The van der Waals surface area contributed by atoms with Crippen molar-refractivity contribution in [3.8, 4) is 5.75 Å². The molecule has 5 nitrogen and oxygen atoms in total. The van der Waals surface area contributed by atoms with Gasteiger partial charge in [-0.05, 0) is 24.6 Å². The van der Waals surface area contributed by atoms with Crippen LogP contribution in [0.4, 0.5) is 0 Å². The number of ketones is 1. The number of aliphatic hydroxyl groups excluding tert-OH is 2. The number of carbonyl (C=O) groups is 1. The summed E-state index contributed by atoms with van der Waals surface area (Å²) in [5, 5.41) is 25.0. The summed E-state index contributed by atoms with van der Waals surface area (Å²) in [6, 6.07) is 6.98. The highest BCUT2D eigenvalue weighted by molar-refractivity contribution is 6.00. The van der Waals surface area contributed by atoms with Gasteiger partial charge in [0.15, 0.2) is 0 Å². The van der Waals surface area contributed by atoms with Crippen molar-refractivity contribution in [2.24, 2.45) is 0 Å². The van der Waals surface area contributed by atoms with E-state index in [9.17, 15) is 4.79 Å². The summed E-state index contributed by atoms with van der Waals surface area (Å²) in [6.07, 6.45) is -0.409. The van der Waals surface area contributed by atoms with Crippen LogP contribution in [0.5, 0.6) is 5.75 Å². The Morgan fingerprint density at radius 3 is 2.53 bits per heavy atom. The minimum absolute atomic E-state index is 0.0110.